The molecule has 4 N–H and O–H groups in total. The topological polar surface area (TPSA) is 128 Å². The molecule has 4 saturated carbocycles. The molecule has 2 amide bonds. The van der Waals surface area contributed by atoms with E-state index in [0.29, 0.717) is 51.2 Å². The normalized spacial score (nSPS) is 25.9. The maximum absolute atomic E-state index is 13.6. The van der Waals surface area contributed by atoms with Gasteiger partial charge < -0.3 is 15.6 Å². The standard InChI is InChI=1S/C27H26ClN7O2/c28-18-4-5-20(19(10-18)24-32-34-35-33-24)30-25(36)22-9-17-2-1-3-21(23(17)29-22)31-26(37)27-11-14-6-15(12-27)8-16(7-14)13-27/h1-5,9-10,14-16,29H,6-8,11-13H2,(H,30,36)(H,31,37)(H,32,33,34,35). The van der Waals surface area contributed by atoms with Gasteiger partial charge in [-0.25, -0.2) is 0 Å². The van der Waals surface area contributed by atoms with E-state index in [-0.39, 0.29) is 17.2 Å². The second-order valence-corrected chi connectivity index (χ2v) is 11.4. The molecular weight excluding hydrogens is 490 g/mol. The van der Waals surface area contributed by atoms with Crippen molar-refractivity contribution in [3.05, 3.63) is 53.2 Å². The molecular formula is C27H26ClN7O2. The summed E-state index contributed by atoms with van der Waals surface area (Å²) in [6.07, 6.45) is 6.88. The first-order chi connectivity index (χ1) is 18.0. The van der Waals surface area contributed by atoms with Crippen LogP contribution in [0, 0.1) is 23.2 Å². The van der Waals surface area contributed by atoms with E-state index in [9.17, 15) is 9.59 Å². The van der Waals surface area contributed by atoms with Crippen LogP contribution in [-0.4, -0.2) is 37.4 Å². The molecule has 0 saturated heterocycles. The number of amides is 2. The van der Waals surface area contributed by atoms with E-state index in [2.05, 4.69) is 36.2 Å². The van der Waals surface area contributed by atoms with Gasteiger partial charge in [-0.3, -0.25) is 9.59 Å². The zero-order valence-corrected chi connectivity index (χ0v) is 20.8. The number of aromatic nitrogens is 5. The second kappa shape index (κ2) is 8.41. The highest BCUT2D eigenvalue weighted by Crippen LogP contribution is 2.60. The minimum absolute atomic E-state index is 0.130. The van der Waals surface area contributed by atoms with Crippen molar-refractivity contribution in [3.63, 3.8) is 0 Å². The van der Waals surface area contributed by atoms with Gasteiger partial charge in [0.15, 0.2) is 0 Å². The van der Waals surface area contributed by atoms with E-state index in [0.717, 1.165) is 30.2 Å². The van der Waals surface area contributed by atoms with Gasteiger partial charge in [0.2, 0.25) is 11.7 Å². The minimum Gasteiger partial charge on any atom is -0.349 e. The zero-order chi connectivity index (χ0) is 25.1. The molecule has 4 bridgehead atoms. The number of tetrazole rings is 1. The summed E-state index contributed by atoms with van der Waals surface area (Å²) in [5, 5.41) is 21.5. The minimum atomic E-state index is -0.332. The average molecular weight is 516 g/mol. The SMILES string of the molecule is O=C(Nc1ccc(Cl)cc1-c1nn[nH]n1)c1cc2cccc(NC(=O)C34CC5CC(CC(C5)C3)C4)c2[nH]1. The van der Waals surface area contributed by atoms with E-state index in [1.54, 1.807) is 24.3 Å². The summed E-state index contributed by atoms with van der Waals surface area (Å²) in [5.41, 5.74) is 2.63. The number of para-hydroxylation sites is 1. The molecule has 0 aliphatic heterocycles. The van der Waals surface area contributed by atoms with E-state index >= 15 is 0 Å². The van der Waals surface area contributed by atoms with Crippen LogP contribution in [-0.2, 0) is 4.79 Å². The average Bonchev–Trinajstić information content (AvgIpc) is 3.55. The van der Waals surface area contributed by atoms with Gasteiger partial charge >= 0.3 is 0 Å². The van der Waals surface area contributed by atoms with Gasteiger partial charge in [0.05, 0.1) is 22.3 Å². The Hall–Kier alpha value is -3.72. The van der Waals surface area contributed by atoms with Gasteiger partial charge in [-0.1, -0.05) is 23.7 Å². The van der Waals surface area contributed by atoms with Gasteiger partial charge in [-0.05, 0) is 91.8 Å². The van der Waals surface area contributed by atoms with Crippen LogP contribution in [0.2, 0.25) is 5.02 Å². The third-order valence-electron chi connectivity index (χ3n) is 8.48. The van der Waals surface area contributed by atoms with E-state index in [4.69, 9.17) is 11.6 Å². The largest absolute Gasteiger partial charge is 0.349 e. The molecule has 0 radical (unpaired) electrons. The summed E-state index contributed by atoms with van der Waals surface area (Å²) >= 11 is 6.16. The molecule has 4 aromatic rings. The summed E-state index contributed by atoms with van der Waals surface area (Å²) in [6.45, 7) is 0. The number of nitrogens with zero attached hydrogens (tertiary/aromatic N) is 3. The van der Waals surface area contributed by atoms with Crippen LogP contribution in [0.15, 0.2) is 42.5 Å². The second-order valence-electron chi connectivity index (χ2n) is 11.0. The molecule has 37 heavy (non-hydrogen) atoms. The predicted molar refractivity (Wildman–Crippen MR) is 140 cm³/mol. The lowest BCUT2D eigenvalue weighted by molar-refractivity contribution is -0.140. The molecule has 2 heterocycles. The van der Waals surface area contributed by atoms with E-state index in [1.165, 1.54) is 19.3 Å². The Balaban J connectivity index is 1.15. The highest BCUT2D eigenvalue weighted by atomic mass is 35.5. The fourth-order valence-electron chi connectivity index (χ4n) is 7.30. The fourth-order valence-corrected chi connectivity index (χ4v) is 7.47. The molecule has 9 nitrogen and oxygen atoms in total. The lowest BCUT2D eigenvalue weighted by Gasteiger charge is -2.55. The predicted octanol–water partition coefficient (Wildman–Crippen LogP) is 5.41. The molecule has 10 heteroatoms. The number of carbonyl (C=O) groups is 2. The number of hydrogen-bond donors (Lipinski definition) is 4. The highest BCUT2D eigenvalue weighted by molar-refractivity contribution is 6.31. The lowest BCUT2D eigenvalue weighted by Crippen LogP contribution is -2.51. The van der Waals surface area contributed by atoms with Crippen molar-refractivity contribution in [3.8, 4) is 11.4 Å². The molecule has 0 atom stereocenters. The quantitative estimate of drug-likeness (QED) is 0.282. The molecule has 4 aliphatic rings. The summed E-state index contributed by atoms with van der Waals surface area (Å²) in [4.78, 5) is 30.1. The first-order valence-corrected chi connectivity index (χ1v) is 13.1. The number of anilines is 2. The van der Waals surface area contributed by atoms with Crippen molar-refractivity contribution in [2.75, 3.05) is 10.6 Å². The third kappa shape index (κ3) is 3.89. The molecule has 0 unspecified atom stereocenters. The van der Waals surface area contributed by atoms with E-state index < -0.39 is 0 Å². The smallest absolute Gasteiger partial charge is 0.272 e. The molecule has 188 valence electrons. The summed E-state index contributed by atoms with van der Waals surface area (Å²) in [7, 11) is 0. The third-order valence-corrected chi connectivity index (χ3v) is 8.72. The van der Waals surface area contributed by atoms with Crippen molar-refractivity contribution in [2.24, 2.45) is 23.2 Å². The van der Waals surface area contributed by atoms with Crippen LogP contribution in [0.1, 0.15) is 49.0 Å². The molecule has 4 aliphatic carbocycles. The summed E-state index contributed by atoms with van der Waals surface area (Å²) in [6, 6.07) is 12.6. The monoisotopic (exact) mass is 515 g/mol. The van der Waals surface area contributed by atoms with E-state index in [1.807, 2.05) is 18.2 Å². The van der Waals surface area contributed by atoms with Crippen molar-refractivity contribution in [1.29, 1.82) is 0 Å². The molecule has 8 rings (SSSR count). The Bertz CT molecular complexity index is 1490. The number of nitrogens with one attached hydrogen (secondary N) is 4. The van der Waals surface area contributed by atoms with Crippen LogP contribution in [0.25, 0.3) is 22.3 Å². The number of benzene rings is 2. The van der Waals surface area contributed by atoms with Gasteiger partial charge in [0.25, 0.3) is 5.91 Å². The maximum atomic E-state index is 13.6. The van der Waals surface area contributed by atoms with Crippen LogP contribution in [0.4, 0.5) is 11.4 Å². The first kappa shape index (κ1) is 22.5. The van der Waals surface area contributed by atoms with Crippen LogP contribution in [0.5, 0.6) is 0 Å². The van der Waals surface area contributed by atoms with Crippen LogP contribution < -0.4 is 10.6 Å². The van der Waals surface area contributed by atoms with Crippen LogP contribution in [0.3, 0.4) is 0 Å². The number of carbonyl (C=O) groups excluding carboxylic acids is 2. The molecule has 2 aromatic heterocycles. The van der Waals surface area contributed by atoms with Gasteiger partial charge in [0, 0.05) is 16.0 Å². The molecule has 0 spiro atoms. The number of aromatic amines is 2. The summed E-state index contributed by atoms with van der Waals surface area (Å²) in [5.74, 6) is 2.20. The number of H-pyrrole nitrogens is 2. The number of rotatable bonds is 5. The number of fused-ring (bicyclic) bond motifs is 1. The van der Waals surface area contributed by atoms with Crippen molar-refractivity contribution in [2.45, 2.75) is 38.5 Å². The first-order valence-electron chi connectivity index (χ1n) is 12.7. The molecule has 2 aromatic carbocycles. The number of halogens is 1. The van der Waals surface area contributed by atoms with Gasteiger partial charge in [0.1, 0.15) is 5.69 Å². The lowest BCUT2D eigenvalue weighted by atomic mass is 9.49. The fraction of sp³-hybridized carbons (Fsp3) is 0.370. The maximum Gasteiger partial charge on any atom is 0.272 e. The summed E-state index contributed by atoms with van der Waals surface area (Å²) < 4.78 is 0. The highest BCUT2D eigenvalue weighted by Gasteiger charge is 2.54. The Morgan fingerprint density at radius 3 is 2.41 bits per heavy atom. The Morgan fingerprint density at radius 1 is 0.946 bits per heavy atom. The number of hydrogen-bond acceptors (Lipinski definition) is 5. The van der Waals surface area contributed by atoms with Crippen molar-refractivity contribution < 1.29 is 9.59 Å². The Kier molecular flexibility index (Phi) is 5.11. The van der Waals surface area contributed by atoms with Gasteiger partial charge in [-0.15, -0.1) is 10.2 Å². The van der Waals surface area contributed by atoms with Crippen molar-refractivity contribution >= 4 is 45.7 Å². The Labute approximate surface area is 217 Å². The molecule has 4 fully saturated rings. The zero-order valence-electron chi connectivity index (χ0n) is 20.1. The van der Waals surface area contributed by atoms with Crippen LogP contribution >= 0.6 is 11.6 Å². The van der Waals surface area contributed by atoms with Crippen molar-refractivity contribution in [1.82, 2.24) is 25.6 Å². The van der Waals surface area contributed by atoms with Gasteiger partial charge in [-0.2, -0.15) is 5.21 Å². The Morgan fingerprint density at radius 2 is 1.70 bits per heavy atom.